The second-order valence-electron chi connectivity index (χ2n) is 2.37. The van der Waals surface area contributed by atoms with Gasteiger partial charge >= 0.3 is 0 Å². The van der Waals surface area contributed by atoms with Gasteiger partial charge in [0, 0.05) is 4.88 Å². The van der Waals surface area contributed by atoms with Crippen molar-refractivity contribution < 1.29 is 5.21 Å². The van der Waals surface area contributed by atoms with Crippen molar-refractivity contribution in [3.63, 3.8) is 0 Å². The normalized spacial score (nSPS) is 11.5. The van der Waals surface area contributed by atoms with Crippen LogP contribution in [0.3, 0.4) is 0 Å². The van der Waals surface area contributed by atoms with Gasteiger partial charge in [0.1, 0.15) is 0 Å². The van der Waals surface area contributed by atoms with Gasteiger partial charge in [-0.25, -0.2) is 0 Å². The third-order valence-electron chi connectivity index (χ3n) is 1.57. The van der Waals surface area contributed by atoms with Gasteiger partial charge in [-0.05, 0) is 30.4 Å². The standard InChI is InChI=1S/C9H11NOS/c1-2-8(10-11)5-6-9-4-3-7-12-9/h2-4,7,11H,1,5-6H2. The smallest absolute Gasteiger partial charge is 0.0793 e. The number of rotatable bonds is 4. The van der Waals surface area contributed by atoms with Crippen LogP contribution in [0.2, 0.25) is 0 Å². The van der Waals surface area contributed by atoms with Gasteiger partial charge in [-0.1, -0.05) is 17.8 Å². The first kappa shape index (κ1) is 9.00. The van der Waals surface area contributed by atoms with Crippen molar-refractivity contribution in [3.05, 3.63) is 35.0 Å². The molecule has 0 saturated heterocycles. The number of hydrogen-bond acceptors (Lipinski definition) is 3. The second-order valence-corrected chi connectivity index (χ2v) is 3.41. The Balaban J connectivity index is 2.40. The molecule has 0 amide bonds. The SMILES string of the molecule is C=CC(CCc1cccs1)=NO. The molecule has 0 atom stereocenters. The summed E-state index contributed by atoms with van der Waals surface area (Å²) in [5.74, 6) is 0. The number of allylic oxidation sites excluding steroid dienone is 1. The van der Waals surface area contributed by atoms with Crippen LogP contribution in [-0.2, 0) is 6.42 Å². The van der Waals surface area contributed by atoms with Crippen LogP contribution in [0.1, 0.15) is 11.3 Å². The molecule has 0 aliphatic heterocycles. The summed E-state index contributed by atoms with van der Waals surface area (Å²) >= 11 is 1.71. The summed E-state index contributed by atoms with van der Waals surface area (Å²) < 4.78 is 0. The lowest BCUT2D eigenvalue weighted by atomic mass is 10.2. The van der Waals surface area contributed by atoms with Gasteiger partial charge in [-0.15, -0.1) is 11.3 Å². The maximum absolute atomic E-state index is 8.47. The maximum atomic E-state index is 8.47. The van der Waals surface area contributed by atoms with Crippen LogP contribution >= 0.6 is 11.3 Å². The lowest BCUT2D eigenvalue weighted by Crippen LogP contribution is -1.94. The zero-order valence-electron chi connectivity index (χ0n) is 6.73. The third kappa shape index (κ3) is 2.51. The molecule has 0 fully saturated rings. The quantitative estimate of drug-likeness (QED) is 0.432. The fraction of sp³-hybridized carbons (Fsp3) is 0.222. The average Bonchev–Trinajstić information content (AvgIpc) is 2.59. The topological polar surface area (TPSA) is 32.6 Å². The largest absolute Gasteiger partial charge is 0.411 e. The molecule has 0 aliphatic carbocycles. The highest BCUT2D eigenvalue weighted by Crippen LogP contribution is 2.11. The van der Waals surface area contributed by atoms with Crippen LogP contribution in [0, 0.1) is 0 Å². The Labute approximate surface area is 75.9 Å². The zero-order chi connectivity index (χ0) is 8.81. The summed E-state index contributed by atoms with van der Waals surface area (Å²) in [5.41, 5.74) is 0.642. The van der Waals surface area contributed by atoms with Gasteiger partial charge in [0.2, 0.25) is 0 Å². The van der Waals surface area contributed by atoms with Crippen molar-refractivity contribution in [2.45, 2.75) is 12.8 Å². The van der Waals surface area contributed by atoms with Crippen LogP contribution in [0.15, 0.2) is 35.3 Å². The highest BCUT2D eigenvalue weighted by atomic mass is 32.1. The van der Waals surface area contributed by atoms with E-state index in [4.69, 9.17) is 5.21 Å². The summed E-state index contributed by atoms with van der Waals surface area (Å²) in [5, 5.41) is 13.6. The van der Waals surface area contributed by atoms with Gasteiger partial charge in [0.25, 0.3) is 0 Å². The van der Waals surface area contributed by atoms with Gasteiger partial charge < -0.3 is 5.21 Å². The van der Waals surface area contributed by atoms with Gasteiger partial charge in [0.15, 0.2) is 0 Å². The van der Waals surface area contributed by atoms with E-state index >= 15 is 0 Å². The van der Waals surface area contributed by atoms with Crippen LogP contribution < -0.4 is 0 Å². The van der Waals surface area contributed by atoms with E-state index in [0.29, 0.717) is 5.71 Å². The minimum absolute atomic E-state index is 0.642. The highest BCUT2D eigenvalue weighted by molar-refractivity contribution is 7.09. The van der Waals surface area contributed by atoms with E-state index in [0.717, 1.165) is 12.8 Å². The number of nitrogens with zero attached hydrogens (tertiary/aromatic N) is 1. The molecule has 1 heterocycles. The molecule has 0 saturated carbocycles. The first-order valence-corrected chi connectivity index (χ1v) is 4.60. The minimum Gasteiger partial charge on any atom is -0.411 e. The van der Waals surface area contributed by atoms with Crippen molar-refractivity contribution in [1.29, 1.82) is 0 Å². The molecule has 12 heavy (non-hydrogen) atoms. The summed E-state index contributed by atoms with van der Waals surface area (Å²) in [4.78, 5) is 1.30. The second kappa shape index (κ2) is 4.72. The Morgan fingerprint density at radius 2 is 2.58 bits per heavy atom. The Bertz CT molecular complexity index is 264. The molecule has 0 spiro atoms. The molecule has 64 valence electrons. The van der Waals surface area contributed by atoms with Crippen LogP contribution in [-0.4, -0.2) is 10.9 Å². The van der Waals surface area contributed by atoms with Crippen molar-refractivity contribution in [2.24, 2.45) is 5.16 Å². The first-order valence-electron chi connectivity index (χ1n) is 3.72. The molecule has 3 heteroatoms. The van der Waals surface area contributed by atoms with E-state index in [2.05, 4.69) is 17.8 Å². The zero-order valence-corrected chi connectivity index (χ0v) is 7.55. The molecule has 1 rings (SSSR count). The molecule has 1 N–H and O–H groups in total. The van der Waals surface area contributed by atoms with Crippen LogP contribution in [0.25, 0.3) is 0 Å². The van der Waals surface area contributed by atoms with Gasteiger partial charge in [-0.3, -0.25) is 0 Å². The summed E-state index contributed by atoms with van der Waals surface area (Å²) in [6.07, 6.45) is 3.25. The molecule has 1 aromatic rings. The maximum Gasteiger partial charge on any atom is 0.0793 e. The van der Waals surface area contributed by atoms with Gasteiger partial charge in [0.05, 0.1) is 5.71 Å². The fourth-order valence-corrected chi connectivity index (χ4v) is 1.61. The predicted molar refractivity (Wildman–Crippen MR) is 52.1 cm³/mol. The molecule has 0 unspecified atom stereocenters. The number of thiophene rings is 1. The molecule has 0 aliphatic rings. The third-order valence-corrected chi connectivity index (χ3v) is 2.51. The van der Waals surface area contributed by atoms with Gasteiger partial charge in [-0.2, -0.15) is 0 Å². The molecular weight excluding hydrogens is 170 g/mol. The molecule has 2 nitrogen and oxygen atoms in total. The molecule has 0 bridgehead atoms. The summed E-state index contributed by atoms with van der Waals surface area (Å²) in [6.45, 7) is 3.54. The summed E-state index contributed by atoms with van der Waals surface area (Å²) in [6, 6.07) is 4.09. The van der Waals surface area contributed by atoms with E-state index < -0.39 is 0 Å². The Hall–Kier alpha value is -1.09. The molecule has 0 aromatic carbocycles. The number of oxime groups is 1. The lowest BCUT2D eigenvalue weighted by molar-refractivity contribution is 0.318. The molecule has 1 aromatic heterocycles. The Morgan fingerprint density at radius 1 is 1.75 bits per heavy atom. The summed E-state index contributed by atoms with van der Waals surface area (Å²) in [7, 11) is 0. The van der Waals surface area contributed by atoms with Crippen molar-refractivity contribution >= 4 is 17.0 Å². The Kier molecular flexibility index (Phi) is 3.54. The van der Waals surface area contributed by atoms with Crippen LogP contribution in [0.5, 0.6) is 0 Å². The van der Waals surface area contributed by atoms with E-state index in [9.17, 15) is 0 Å². The van der Waals surface area contributed by atoms with Crippen molar-refractivity contribution in [2.75, 3.05) is 0 Å². The minimum atomic E-state index is 0.642. The first-order chi connectivity index (χ1) is 5.86. The predicted octanol–water partition coefficient (Wildman–Crippen LogP) is 2.70. The van der Waals surface area contributed by atoms with E-state index in [1.165, 1.54) is 4.88 Å². The van der Waals surface area contributed by atoms with E-state index in [1.807, 2.05) is 11.4 Å². The number of aryl methyl sites for hydroxylation is 1. The molecule has 0 radical (unpaired) electrons. The van der Waals surface area contributed by atoms with Crippen LogP contribution in [0.4, 0.5) is 0 Å². The van der Waals surface area contributed by atoms with Crippen molar-refractivity contribution in [1.82, 2.24) is 0 Å². The molecular formula is C9H11NOS. The van der Waals surface area contributed by atoms with E-state index in [1.54, 1.807) is 17.4 Å². The lowest BCUT2D eigenvalue weighted by Gasteiger charge is -1.95. The fourth-order valence-electron chi connectivity index (χ4n) is 0.899. The number of hydrogen-bond donors (Lipinski definition) is 1. The van der Waals surface area contributed by atoms with E-state index in [-0.39, 0.29) is 0 Å². The monoisotopic (exact) mass is 181 g/mol. The average molecular weight is 181 g/mol. The Morgan fingerprint density at radius 3 is 3.08 bits per heavy atom. The van der Waals surface area contributed by atoms with Crippen molar-refractivity contribution in [3.8, 4) is 0 Å². The highest BCUT2D eigenvalue weighted by Gasteiger charge is 1.97.